The highest BCUT2D eigenvalue weighted by molar-refractivity contribution is 5.90. The summed E-state index contributed by atoms with van der Waals surface area (Å²) in [5.41, 5.74) is 0. The third-order valence-corrected chi connectivity index (χ3v) is 2.40. The Kier molecular flexibility index (Phi) is 5.62. The Bertz CT molecular complexity index is 351. The van der Waals surface area contributed by atoms with E-state index in [2.05, 4.69) is 22.1 Å². The summed E-state index contributed by atoms with van der Waals surface area (Å²) in [6.07, 6.45) is 2.60. The summed E-state index contributed by atoms with van der Waals surface area (Å²) >= 11 is 0. The zero-order chi connectivity index (χ0) is 12.7. The third kappa shape index (κ3) is 4.14. The minimum Gasteiger partial charge on any atom is -0.385 e. The van der Waals surface area contributed by atoms with E-state index in [9.17, 15) is 4.79 Å². The van der Waals surface area contributed by atoms with Crippen molar-refractivity contribution < 1.29 is 9.53 Å². The molecule has 1 aromatic rings. The fourth-order valence-electron chi connectivity index (χ4n) is 1.46. The average molecular weight is 240 g/mol. The number of ether oxygens (including phenoxy) is 1. The van der Waals surface area contributed by atoms with Gasteiger partial charge in [0.1, 0.15) is 5.82 Å². The van der Waals surface area contributed by atoms with E-state index >= 15 is 0 Å². The molecule has 0 aliphatic heterocycles. The van der Waals surface area contributed by atoms with Gasteiger partial charge in [0, 0.05) is 33.7 Å². The molecule has 0 aliphatic carbocycles. The van der Waals surface area contributed by atoms with Crippen molar-refractivity contribution in [3.8, 4) is 0 Å². The van der Waals surface area contributed by atoms with E-state index in [1.165, 1.54) is 0 Å². The van der Waals surface area contributed by atoms with E-state index in [0.717, 1.165) is 25.1 Å². The van der Waals surface area contributed by atoms with Gasteiger partial charge in [-0.1, -0.05) is 6.92 Å². The molecule has 0 fully saturated rings. The summed E-state index contributed by atoms with van der Waals surface area (Å²) in [6, 6.07) is 0. The molecule has 96 valence electrons. The molecule has 17 heavy (non-hydrogen) atoms. The third-order valence-electron chi connectivity index (χ3n) is 2.40. The van der Waals surface area contributed by atoms with Crippen molar-refractivity contribution in [3.05, 3.63) is 11.6 Å². The molecule has 0 spiro atoms. The molecule has 1 heterocycles. The molecule has 0 aliphatic rings. The van der Waals surface area contributed by atoms with Gasteiger partial charge in [-0.15, -0.1) is 5.10 Å². The number of carbonyl (C=O) groups excluding carboxylic acids is 1. The quantitative estimate of drug-likeness (QED) is 0.718. The van der Waals surface area contributed by atoms with Crippen LogP contribution in [0, 0.1) is 0 Å². The fourth-order valence-corrected chi connectivity index (χ4v) is 1.46. The first-order valence-corrected chi connectivity index (χ1v) is 5.84. The number of H-pyrrole nitrogens is 1. The van der Waals surface area contributed by atoms with Crippen LogP contribution in [0.5, 0.6) is 0 Å². The van der Waals surface area contributed by atoms with Crippen molar-refractivity contribution in [2.75, 3.05) is 27.3 Å². The topological polar surface area (TPSA) is 71.1 Å². The Morgan fingerprint density at radius 1 is 1.53 bits per heavy atom. The smallest absolute Gasteiger partial charge is 0.293 e. The second-order valence-corrected chi connectivity index (χ2v) is 3.93. The number of nitrogens with one attached hydrogen (secondary N) is 1. The number of carbonyl (C=O) groups is 1. The SMILES string of the molecule is CCCc1nc(C(=O)N(C)CCCOC)n[nH]1. The molecule has 6 nitrogen and oxygen atoms in total. The monoisotopic (exact) mass is 240 g/mol. The van der Waals surface area contributed by atoms with Crippen LogP contribution in [0.3, 0.4) is 0 Å². The summed E-state index contributed by atoms with van der Waals surface area (Å²) in [5.74, 6) is 0.856. The van der Waals surface area contributed by atoms with Gasteiger partial charge < -0.3 is 9.64 Å². The predicted molar refractivity (Wildman–Crippen MR) is 63.8 cm³/mol. The zero-order valence-corrected chi connectivity index (χ0v) is 10.7. The lowest BCUT2D eigenvalue weighted by atomic mass is 10.3. The number of rotatable bonds is 7. The van der Waals surface area contributed by atoms with Crippen LogP contribution in [0.15, 0.2) is 0 Å². The van der Waals surface area contributed by atoms with Crippen LogP contribution in [0.4, 0.5) is 0 Å². The van der Waals surface area contributed by atoms with Crippen LogP contribution in [-0.4, -0.2) is 53.3 Å². The van der Waals surface area contributed by atoms with E-state index in [1.807, 2.05) is 0 Å². The maximum absolute atomic E-state index is 11.9. The summed E-state index contributed by atoms with van der Waals surface area (Å²) in [5, 5.41) is 6.70. The lowest BCUT2D eigenvalue weighted by molar-refractivity contribution is 0.0768. The number of methoxy groups -OCH3 is 1. The molecular formula is C11H20N4O2. The summed E-state index contributed by atoms with van der Waals surface area (Å²) in [6.45, 7) is 3.35. The van der Waals surface area contributed by atoms with Crippen molar-refractivity contribution in [2.45, 2.75) is 26.2 Å². The predicted octanol–water partition coefficient (Wildman–Crippen LogP) is 0.866. The highest BCUT2D eigenvalue weighted by atomic mass is 16.5. The number of aromatic nitrogens is 3. The second-order valence-electron chi connectivity index (χ2n) is 3.93. The lowest BCUT2D eigenvalue weighted by Gasteiger charge is -2.14. The summed E-state index contributed by atoms with van der Waals surface area (Å²) in [4.78, 5) is 17.7. The minimum absolute atomic E-state index is 0.153. The van der Waals surface area contributed by atoms with E-state index in [-0.39, 0.29) is 11.7 Å². The van der Waals surface area contributed by atoms with Crippen molar-refractivity contribution >= 4 is 5.91 Å². The molecule has 1 aromatic heterocycles. The van der Waals surface area contributed by atoms with Gasteiger partial charge in [0.15, 0.2) is 0 Å². The van der Waals surface area contributed by atoms with E-state index in [1.54, 1.807) is 19.1 Å². The standard InChI is InChI=1S/C11H20N4O2/c1-4-6-9-12-10(14-13-9)11(16)15(2)7-5-8-17-3/h4-8H2,1-3H3,(H,12,13,14). The van der Waals surface area contributed by atoms with Crippen LogP contribution in [-0.2, 0) is 11.2 Å². The van der Waals surface area contributed by atoms with Crippen LogP contribution >= 0.6 is 0 Å². The maximum Gasteiger partial charge on any atom is 0.293 e. The van der Waals surface area contributed by atoms with Crippen molar-refractivity contribution in [2.24, 2.45) is 0 Å². The molecule has 0 saturated heterocycles. The number of hydrogen-bond acceptors (Lipinski definition) is 4. The maximum atomic E-state index is 11.9. The van der Waals surface area contributed by atoms with Crippen LogP contribution in [0.2, 0.25) is 0 Å². The Morgan fingerprint density at radius 2 is 2.29 bits per heavy atom. The molecular weight excluding hydrogens is 220 g/mol. The zero-order valence-electron chi connectivity index (χ0n) is 10.7. The molecule has 0 saturated carbocycles. The van der Waals surface area contributed by atoms with Gasteiger partial charge in [-0.2, -0.15) is 0 Å². The van der Waals surface area contributed by atoms with Crippen molar-refractivity contribution in [3.63, 3.8) is 0 Å². The van der Waals surface area contributed by atoms with Crippen LogP contribution in [0.1, 0.15) is 36.2 Å². The van der Waals surface area contributed by atoms with Gasteiger partial charge in [-0.05, 0) is 12.8 Å². The Labute approximate surface area is 101 Å². The highest BCUT2D eigenvalue weighted by Gasteiger charge is 2.16. The number of nitrogens with zero attached hydrogens (tertiary/aromatic N) is 3. The van der Waals surface area contributed by atoms with E-state index in [0.29, 0.717) is 13.2 Å². The highest BCUT2D eigenvalue weighted by Crippen LogP contribution is 2.00. The van der Waals surface area contributed by atoms with Gasteiger partial charge in [-0.3, -0.25) is 9.89 Å². The molecule has 6 heteroatoms. The Balaban J connectivity index is 2.49. The second kappa shape index (κ2) is 7.01. The molecule has 1 amide bonds. The number of amides is 1. The summed E-state index contributed by atoms with van der Waals surface area (Å²) < 4.78 is 4.94. The van der Waals surface area contributed by atoms with Gasteiger partial charge >= 0.3 is 0 Å². The molecule has 0 radical (unpaired) electrons. The number of hydrogen-bond donors (Lipinski definition) is 1. The normalized spacial score (nSPS) is 10.5. The number of aromatic amines is 1. The van der Waals surface area contributed by atoms with Crippen LogP contribution in [0.25, 0.3) is 0 Å². The number of aryl methyl sites for hydroxylation is 1. The van der Waals surface area contributed by atoms with Crippen LogP contribution < -0.4 is 0 Å². The largest absolute Gasteiger partial charge is 0.385 e. The minimum atomic E-state index is -0.153. The average Bonchev–Trinajstić information content (AvgIpc) is 2.77. The first-order valence-electron chi connectivity index (χ1n) is 5.84. The lowest BCUT2D eigenvalue weighted by Crippen LogP contribution is -2.29. The van der Waals surface area contributed by atoms with Crippen molar-refractivity contribution in [1.29, 1.82) is 0 Å². The Hall–Kier alpha value is -1.43. The Morgan fingerprint density at radius 3 is 2.94 bits per heavy atom. The van der Waals surface area contributed by atoms with E-state index in [4.69, 9.17) is 4.74 Å². The molecule has 0 unspecified atom stereocenters. The fraction of sp³-hybridized carbons (Fsp3) is 0.727. The van der Waals surface area contributed by atoms with Gasteiger partial charge in [0.25, 0.3) is 5.91 Å². The van der Waals surface area contributed by atoms with E-state index < -0.39 is 0 Å². The molecule has 0 aromatic carbocycles. The first-order chi connectivity index (χ1) is 8.19. The molecule has 1 N–H and O–H groups in total. The molecule has 1 rings (SSSR count). The van der Waals surface area contributed by atoms with Gasteiger partial charge in [0.2, 0.25) is 5.82 Å². The van der Waals surface area contributed by atoms with Gasteiger partial charge in [0.05, 0.1) is 0 Å². The molecule has 0 atom stereocenters. The molecule has 0 bridgehead atoms. The van der Waals surface area contributed by atoms with Crippen molar-refractivity contribution in [1.82, 2.24) is 20.1 Å². The first kappa shape index (κ1) is 13.6. The summed E-state index contributed by atoms with van der Waals surface area (Å²) in [7, 11) is 3.39. The van der Waals surface area contributed by atoms with Gasteiger partial charge in [-0.25, -0.2) is 4.98 Å².